The lowest BCUT2D eigenvalue weighted by Crippen LogP contribution is -2.38. The van der Waals surface area contributed by atoms with Crippen LogP contribution in [-0.2, 0) is 28.4 Å². The molecule has 0 amide bonds. The number of aromatic nitrogens is 5. The monoisotopic (exact) mass is 436 g/mol. The maximum Gasteiger partial charge on any atom is 0.244 e. The normalized spacial score (nSPS) is 17.7. The molecule has 2 aliphatic rings. The van der Waals surface area contributed by atoms with E-state index in [-0.39, 0.29) is 11.4 Å². The summed E-state index contributed by atoms with van der Waals surface area (Å²) in [4.78, 5) is 18.1. The minimum Gasteiger partial charge on any atom is -0.378 e. The predicted molar refractivity (Wildman–Crippen MR) is 111 cm³/mol. The van der Waals surface area contributed by atoms with Crippen molar-refractivity contribution in [2.24, 2.45) is 7.05 Å². The van der Waals surface area contributed by atoms with Gasteiger partial charge in [0.1, 0.15) is 4.90 Å². The Morgan fingerprint density at radius 2 is 1.57 bits per heavy atom. The van der Waals surface area contributed by atoms with Crippen LogP contribution in [0.5, 0.6) is 0 Å². The lowest BCUT2D eigenvalue weighted by atomic mass is 10.4. The van der Waals surface area contributed by atoms with Crippen molar-refractivity contribution in [3.8, 4) is 0 Å². The van der Waals surface area contributed by atoms with Crippen LogP contribution in [0.25, 0.3) is 0 Å². The van der Waals surface area contributed by atoms with Crippen molar-refractivity contribution in [3.05, 3.63) is 17.2 Å². The molecular weight excluding hydrogens is 408 g/mol. The van der Waals surface area contributed by atoms with Crippen molar-refractivity contribution >= 4 is 21.9 Å². The highest BCUT2D eigenvalue weighted by Crippen LogP contribution is 2.21. The van der Waals surface area contributed by atoms with Gasteiger partial charge in [0, 0.05) is 33.2 Å². The molecule has 0 radical (unpaired) electrons. The Hall–Kier alpha value is -2.31. The molecule has 0 bridgehead atoms. The van der Waals surface area contributed by atoms with Crippen LogP contribution in [0.15, 0.2) is 4.90 Å². The number of sulfonamides is 1. The Bertz CT molecular complexity index is 1010. The van der Waals surface area contributed by atoms with Gasteiger partial charge in [-0.1, -0.05) is 0 Å². The Kier molecular flexibility index (Phi) is 5.89. The van der Waals surface area contributed by atoms with Crippen molar-refractivity contribution in [1.82, 2.24) is 29.5 Å². The molecule has 2 fully saturated rings. The Morgan fingerprint density at radius 3 is 2.13 bits per heavy atom. The molecular formula is C18H28N8O3S. The standard InChI is InChI=1S/C18H28N8O3S/c1-13-16(14(2)24(3)23-13)30(27,28)19-12-15-20-17(25-6-4-5-7-25)22-18(21-15)26-8-10-29-11-9-26/h19H,4-12H2,1-3H3. The Morgan fingerprint density at radius 1 is 0.967 bits per heavy atom. The zero-order valence-electron chi connectivity index (χ0n) is 17.6. The second kappa shape index (κ2) is 8.44. The highest BCUT2D eigenvalue weighted by molar-refractivity contribution is 7.89. The third kappa shape index (κ3) is 4.25. The first kappa shape index (κ1) is 20.9. The third-order valence-corrected chi connectivity index (χ3v) is 7.13. The number of ether oxygens (including phenoxy) is 1. The molecule has 2 aliphatic heterocycles. The number of morpholine rings is 1. The molecule has 2 aromatic heterocycles. The number of aryl methyl sites for hydroxylation is 2. The van der Waals surface area contributed by atoms with E-state index in [9.17, 15) is 8.42 Å². The molecule has 2 saturated heterocycles. The molecule has 11 nitrogen and oxygen atoms in total. The highest BCUT2D eigenvalue weighted by Gasteiger charge is 2.25. The van der Waals surface area contributed by atoms with Gasteiger partial charge in [0.2, 0.25) is 21.9 Å². The molecule has 1 N–H and O–H groups in total. The first-order valence-corrected chi connectivity index (χ1v) is 11.7. The quantitative estimate of drug-likeness (QED) is 0.674. The van der Waals surface area contributed by atoms with Crippen molar-refractivity contribution in [2.45, 2.75) is 38.1 Å². The zero-order chi connectivity index (χ0) is 21.3. The minimum absolute atomic E-state index is 0.0171. The highest BCUT2D eigenvalue weighted by atomic mass is 32.2. The van der Waals surface area contributed by atoms with Crippen LogP contribution < -0.4 is 14.5 Å². The van der Waals surface area contributed by atoms with Crippen LogP contribution >= 0.6 is 0 Å². The van der Waals surface area contributed by atoms with Gasteiger partial charge < -0.3 is 14.5 Å². The summed E-state index contributed by atoms with van der Waals surface area (Å²) < 4.78 is 35.5. The number of hydrogen-bond donors (Lipinski definition) is 1. The summed E-state index contributed by atoms with van der Waals surface area (Å²) in [5.74, 6) is 1.57. The molecule has 0 spiro atoms. The van der Waals surface area contributed by atoms with Gasteiger partial charge in [-0.05, 0) is 26.7 Å². The van der Waals surface area contributed by atoms with Crippen LogP contribution in [0.2, 0.25) is 0 Å². The van der Waals surface area contributed by atoms with Gasteiger partial charge >= 0.3 is 0 Å². The van der Waals surface area contributed by atoms with Crippen LogP contribution in [0.3, 0.4) is 0 Å². The van der Waals surface area contributed by atoms with Gasteiger partial charge in [0.15, 0.2) is 5.82 Å². The summed E-state index contributed by atoms with van der Waals surface area (Å²) in [6.45, 7) is 7.82. The fraction of sp³-hybridized carbons (Fsp3) is 0.667. The van der Waals surface area contributed by atoms with E-state index in [0.29, 0.717) is 55.4 Å². The van der Waals surface area contributed by atoms with Crippen molar-refractivity contribution in [1.29, 1.82) is 0 Å². The largest absolute Gasteiger partial charge is 0.378 e. The molecule has 0 aliphatic carbocycles. The number of hydrogen-bond acceptors (Lipinski definition) is 9. The summed E-state index contributed by atoms with van der Waals surface area (Å²) in [6, 6.07) is 0. The molecule has 4 heterocycles. The van der Waals surface area contributed by atoms with Gasteiger partial charge in [-0.25, -0.2) is 13.1 Å². The summed E-state index contributed by atoms with van der Waals surface area (Å²) in [5, 5.41) is 4.20. The maximum absolute atomic E-state index is 12.9. The smallest absolute Gasteiger partial charge is 0.244 e. The van der Waals surface area contributed by atoms with Crippen molar-refractivity contribution < 1.29 is 13.2 Å². The van der Waals surface area contributed by atoms with Gasteiger partial charge in [-0.3, -0.25) is 4.68 Å². The molecule has 30 heavy (non-hydrogen) atoms. The van der Waals surface area contributed by atoms with E-state index in [1.165, 1.54) is 0 Å². The molecule has 2 aromatic rings. The summed E-state index contributed by atoms with van der Waals surface area (Å²) >= 11 is 0. The fourth-order valence-electron chi connectivity index (χ4n) is 3.81. The third-order valence-electron chi connectivity index (χ3n) is 5.47. The summed E-state index contributed by atoms with van der Waals surface area (Å²) in [6.07, 6.45) is 2.19. The van der Waals surface area contributed by atoms with Crippen LogP contribution in [0.1, 0.15) is 30.1 Å². The van der Waals surface area contributed by atoms with E-state index >= 15 is 0 Å². The van der Waals surface area contributed by atoms with Gasteiger partial charge in [0.25, 0.3) is 0 Å². The fourth-order valence-corrected chi connectivity index (χ4v) is 5.23. The molecule has 0 saturated carbocycles. The van der Waals surface area contributed by atoms with Gasteiger partial charge in [-0.2, -0.15) is 20.1 Å². The zero-order valence-corrected chi connectivity index (χ0v) is 18.4. The van der Waals surface area contributed by atoms with Gasteiger partial charge in [-0.15, -0.1) is 0 Å². The van der Waals surface area contributed by atoms with Gasteiger partial charge in [0.05, 0.1) is 31.1 Å². The average molecular weight is 437 g/mol. The average Bonchev–Trinajstić information content (AvgIpc) is 3.35. The molecule has 0 aromatic carbocycles. The van der Waals surface area contributed by atoms with E-state index in [1.807, 2.05) is 0 Å². The second-order valence-corrected chi connectivity index (χ2v) is 9.30. The molecule has 12 heteroatoms. The van der Waals surface area contributed by atoms with Crippen LogP contribution in [-0.4, -0.2) is 72.5 Å². The lowest BCUT2D eigenvalue weighted by molar-refractivity contribution is 0.122. The number of anilines is 2. The summed E-state index contributed by atoms with van der Waals surface area (Å²) in [5.41, 5.74) is 1.05. The van der Waals surface area contributed by atoms with E-state index < -0.39 is 10.0 Å². The first-order chi connectivity index (χ1) is 14.3. The minimum atomic E-state index is -3.75. The van der Waals surface area contributed by atoms with Crippen LogP contribution in [0.4, 0.5) is 11.9 Å². The predicted octanol–water partition coefficient (Wildman–Crippen LogP) is 0.137. The van der Waals surface area contributed by atoms with E-state index in [0.717, 1.165) is 25.9 Å². The number of nitrogens with zero attached hydrogens (tertiary/aromatic N) is 7. The van der Waals surface area contributed by atoms with Crippen molar-refractivity contribution in [3.63, 3.8) is 0 Å². The summed E-state index contributed by atoms with van der Waals surface area (Å²) in [7, 11) is -2.02. The van der Waals surface area contributed by atoms with E-state index in [2.05, 4.69) is 34.6 Å². The molecule has 0 unspecified atom stereocenters. The number of nitrogens with one attached hydrogen (secondary N) is 1. The first-order valence-electron chi connectivity index (χ1n) is 10.2. The molecule has 0 atom stereocenters. The Balaban J connectivity index is 1.60. The lowest BCUT2D eigenvalue weighted by Gasteiger charge is -2.28. The van der Waals surface area contributed by atoms with Crippen molar-refractivity contribution in [2.75, 3.05) is 49.2 Å². The maximum atomic E-state index is 12.9. The molecule has 164 valence electrons. The second-order valence-electron chi connectivity index (χ2n) is 7.59. The van der Waals surface area contributed by atoms with E-state index in [1.54, 1.807) is 25.6 Å². The van der Waals surface area contributed by atoms with E-state index in [4.69, 9.17) is 4.74 Å². The Labute approximate surface area is 176 Å². The SMILES string of the molecule is Cc1nn(C)c(C)c1S(=O)(=O)NCc1nc(N2CCCC2)nc(N2CCOCC2)n1. The number of rotatable bonds is 6. The van der Waals surface area contributed by atoms with Crippen LogP contribution in [0, 0.1) is 13.8 Å². The topological polar surface area (TPSA) is 118 Å². The molecule has 4 rings (SSSR count).